The zero-order valence-corrected chi connectivity index (χ0v) is 18.8. The molecule has 0 saturated carbocycles. The van der Waals surface area contributed by atoms with Crippen molar-refractivity contribution in [2.45, 2.75) is 24.8 Å². The number of sulfonamides is 1. The van der Waals surface area contributed by atoms with Gasteiger partial charge in [-0.25, -0.2) is 13.1 Å². The van der Waals surface area contributed by atoms with Crippen LogP contribution in [0.15, 0.2) is 77.7 Å². The number of carbonyl (C=O) groups excluding carboxylic acids is 1. The van der Waals surface area contributed by atoms with Crippen LogP contribution in [0.1, 0.15) is 24.1 Å². The molecule has 1 amide bonds. The Hall–Kier alpha value is -3.76. The number of nitro groups is 1. The lowest BCUT2D eigenvalue weighted by Gasteiger charge is -2.15. The molecule has 0 fully saturated rings. The summed E-state index contributed by atoms with van der Waals surface area (Å²) in [6.07, 6.45) is 0. The Labute approximate surface area is 191 Å². The van der Waals surface area contributed by atoms with Gasteiger partial charge in [-0.2, -0.15) is 0 Å². The van der Waals surface area contributed by atoms with Crippen LogP contribution in [0, 0.1) is 17.0 Å². The van der Waals surface area contributed by atoms with Crippen LogP contribution in [-0.2, 0) is 14.8 Å². The summed E-state index contributed by atoms with van der Waals surface area (Å²) in [4.78, 5) is 22.8. The van der Waals surface area contributed by atoms with Crippen molar-refractivity contribution in [2.75, 3.05) is 11.9 Å². The van der Waals surface area contributed by atoms with E-state index < -0.39 is 26.9 Å². The maximum absolute atomic E-state index is 12.6. The maximum Gasteiger partial charge on any atom is 0.274 e. The zero-order valence-electron chi connectivity index (χ0n) is 18.0. The highest BCUT2D eigenvalue weighted by molar-refractivity contribution is 7.89. The van der Waals surface area contributed by atoms with E-state index in [1.807, 2.05) is 30.3 Å². The molecule has 0 radical (unpaired) electrons. The van der Waals surface area contributed by atoms with Gasteiger partial charge in [-0.1, -0.05) is 36.4 Å². The van der Waals surface area contributed by atoms with Crippen molar-refractivity contribution in [3.8, 4) is 5.75 Å². The Bertz CT molecular complexity index is 1240. The van der Waals surface area contributed by atoms with Crippen LogP contribution in [0.5, 0.6) is 5.75 Å². The molecule has 1 atom stereocenters. The van der Waals surface area contributed by atoms with Crippen LogP contribution in [0.2, 0.25) is 0 Å². The summed E-state index contributed by atoms with van der Waals surface area (Å²) in [5.41, 5.74) is 1.40. The fourth-order valence-corrected chi connectivity index (χ4v) is 4.35. The Kier molecular flexibility index (Phi) is 7.41. The zero-order chi connectivity index (χ0) is 24.0. The molecule has 172 valence electrons. The third-order valence-electron chi connectivity index (χ3n) is 4.91. The molecule has 0 aliphatic heterocycles. The fraction of sp³-hybridized carbons (Fsp3) is 0.174. The van der Waals surface area contributed by atoms with Crippen molar-refractivity contribution in [1.29, 1.82) is 0 Å². The van der Waals surface area contributed by atoms with Gasteiger partial charge in [0.15, 0.2) is 6.61 Å². The minimum absolute atomic E-state index is 0.0642. The number of ether oxygens (including phenoxy) is 1. The lowest BCUT2D eigenvalue weighted by molar-refractivity contribution is -0.385. The van der Waals surface area contributed by atoms with Gasteiger partial charge in [-0.15, -0.1) is 0 Å². The molecular formula is C23H23N3O6S. The first kappa shape index (κ1) is 23.9. The van der Waals surface area contributed by atoms with E-state index in [9.17, 15) is 23.3 Å². The van der Waals surface area contributed by atoms with Crippen molar-refractivity contribution < 1.29 is 22.9 Å². The largest absolute Gasteiger partial charge is 0.484 e. The Morgan fingerprint density at radius 1 is 1.03 bits per heavy atom. The molecular weight excluding hydrogens is 446 g/mol. The standard InChI is InChI=1S/C23H23N3O6S/c1-16-21(9-6-10-22(16)26(28)29)24-23(27)15-32-19-11-13-20(14-12-19)33(30,31)25-17(2)18-7-4-3-5-8-18/h3-14,17,25H,15H2,1-2H3,(H,24,27)/t17-/m0/s1. The number of amides is 1. The van der Waals surface area contributed by atoms with Gasteiger partial charge in [0.25, 0.3) is 11.6 Å². The second kappa shape index (κ2) is 10.2. The van der Waals surface area contributed by atoms with Crippen molar-refractivity contribution >= 4 is 27.3 Å². The molecule has 0 aliphatic carbocycles. The van der Waals surface area contributed by atoms with E-state index in [0.717, 1.165) is 5.56 Å². The van der Waals surface area contributed by atoms with Gasteiger partial charge < -0.3 is 10.1 Å². The normalized spacial score (nSPS) is 12.1. The molecule has 0 saturated heterocycles. The van der Waals surface area contributed by atoms with Gasteiger partial charge in [0, 0.05) is 12.1 Å². The van der Waals surface area contributed by atoms with Gasteiger partial charge >= 0.3 is 0 Å². The van der Waals surface area contributed by atoms with Crippen LogP contribution in [0.25, 0.3) is 0 Å². The Balaban J connectivity index is 1.59. The molecule has 3 rings (SSSR count). The van der Waals surface area contributed by atoms with Crippen molar-refractivity contribution in [3.63, 3.8) is 0 Å². The molecule has 0 heterocycles. The van der Waals surface area contributed by atoms with Crippen molar-refractivity contribution in [1.82, 2.24) is 4.72 Å². The highest BCUT2D eigenvalue weighted by Gasteiger charge is 2.19. The molecule has 0 unspecified atom stereocenters. The maximum atomic E-state index is 12.6. The molecule has 0 spiro atoms. The fourth-order valence-electron chi connectivity index (χ4n) is 3.12. The van der Waals surface area contributed by atoms with Gasteiger partial charge in [-0.05, 0) is 49.7 Å². The van der Waals surface area contributed by atoms with Gasteiger partial charge in [0.05, 0.1) is 21.1 Å². The summed E-state index contributed by atoms with van der Waals surface area (Å²) >= 11 is 0. The van der Waals surface area contributed by atoms with E-state index >= 15 is 0 Å². The quantitative estimate of drug-likeness (QED) is 0.361. The van der Waals surface area contributed by atoms with Crippen LogP contribution in [0.3, 0.4) is 0 Å². The van der Waals surface area contributed by atoms with Gasteiger partial charge in [0.2, 0.25) is 10.0 Å². The first-order chi connectivity index (χ1) is 15.7. The lowest BCUT2D eigenvalue weighted by Crippen LogP contribution is -2.26. The Morgan fingerprint density at radius 2 is 1.70 bits per heavy atom. The minimum atomic E-state index is -3.75. The smallest absolute Gasteiger partial charge is 0.274 e. The van der Waals surface area contributed by atoms with Crippen LogP contribution in [-0.4, -0.2) is 25.9 Å². The number of anilines is 1. The molecule has 2 N–H and O–H groups in total. The predicted molar refractivity (Wildman–Crippen MR) is 124 cm³/mol. The second-order valence-electron chi connectivity index (χ2n) is 7.27. The topological polar surface area (TPSA) is 128 Å². The van der Waals surface area contributed by atoms with E-state index in [1.54, 1.807) is 19.9 Å². The van der Waals surface area contributed by atoms with E-state index in [2.05, 4.69) is 10.0 Å². The average molecular weight is 470 g/mol. The van der Waals surface area contributed by atoms with E-state index in [4.69, 9.17) is 4.74 Å². The third-order valence-corrected chi connectivity index (χ3v) is 6.47. The summed E-state index contributed by atoms with van der Waals surface area (Å²) in [6.45, 7) is 2.95. The molecule has 33 heavy (non-hydrogen) atoms. The minimum Gasteiger partial charge on any atom is -0.484 e. The third kappa shape index (κ3) is 6.15. The van der Waals surface area contributed by atoms with Gasteiger partial charge in [-0.3, -0.25) is 14.9 Å². The number of hydrogen-bond acceptors (Lipinski definition) is 6. The lowest BCUT2D eigenvalue weighted by atomic mass is 10.1. The number of rotatable bonds is 9. The van der Waals surface area contributed by atoms with E-state index in [-0.39, 0.29) is 17.2 Å². The number of hydrogen-bond donors (Lipinski definition) is 2. The van der Waals surface area contributed by atoms with Crippen LogP contribution >= 0.6 is 0 Å². The SMILES string of the molecule is Cc1c(NC(=O)COc2ccc(S(=O)(=O)N[C@@H](C)c3ccccc3)cc2)cccc1[N+](=O)[O-]. The monoisotopic (exact) mass is 469 g/mol. The number of carbonyl (C=O) groups is 1. The first-order valence-electron chi connectivity index (χ1n) is 10.0. The van der Waals surface area contributed by atoms with E-state index in [1.165, 1.54) is 36.4 Å². The summed E-state index contributed by atoms with van der Waals surface area (Å²) in [7, 11) is -3.75. The number of nitrogens with zero attached hydrogens (tertiary/aromatic N) is 1. The molecule has 3 aromatic rings. The van der Waals surface area contributed by atoms with Crippen molar-refractivity contribution in [2.24, 2.45) is 0 Å². The van der Waals surface area contributed by atoms with Crippen molar-refractivity contribution in [3.05, 3.63) is 94.0 Å². The van der Waals surface area contributed by atoms with Crippen LogP contribution in [0.4, 0.5) is 11.4 Å². The first-order valence-corrected chi connectivity index (χ1v) is 11.5. The number of nitrogens with one attached hydrogen (secondary N) is 2. The number of benzene rings is 3. The summed E-state index contributed by atoms with van der Waals surface area (Å²) < 4.78 is 33.3. The van der Waals surface area contributed by atoms with Crippen LogP contribution < -0.4 is 14.8 Å². The summed E-state index contributed by atoms with van der Waals surface area (Å²) in [6, 6.07) is 18.9. The summed E-state index contributed by atoms with van der Waals surface area (Å²) in [5.74, 6) is -0.204. The molecule has 10 heteroatoms. The van der Waals surface area contributed by atoms with E-state index in [0.29, 0.717) is 17.0 Å². The molecule has 3 aromatic carbocycles. The molecule has 0 aliphatic rings. The molecule has 0 bridgehead atoms. The Morgan fingerprint density at radius 3 is 2.33 bits per heavy atom. The highest BCUT2D eigenvalue weighted by Crippen LogP contribution is 2.25. The average Bonchev–Trinajstić information content (AvgIpc) is 2.79. The second-order valence-corrected chi connectivity index (χ2v) is 8.98. The molecule has 9 nitrogen and oxygen atoms in total. The number of nitro benzene ring substituents is 1. The predicted octanol–water partition coefficient (Wildman–Crippen LogP) is 3.96. The summed E-state index contributed by atoms with van der Waals surface area (Å²) in [5, 5.41) is 13.6. The highest BCUT2D eigenvalue weighted by atomic mass is 32.2. The molecule has 0 aromatic heterocycles. The van der Waals surface area contributed by atoms with Gasteiger partial charge in [0.1, 0.15) is 5.75 Å².